The molecule has 5 nitrogen and oxygen atoms in total. The van der Waals surface area contributed by atoms with Gasteiger partial charge in [0.1, 0.15) is 0 Å². The molecule has 0 saturated heterocycles. The largest absolute Gasteiger partial charge is 0.276 e. The lowest BCUT2D eigenvalue weighted by Crippen LogP contribution is -2.12. The number of nitrogens with one attached hydrogen (secondary N) is 1. The van der Waals surface area contributed by atoms with Gasteiger partial charge in [-0.15, -0.1) is 0 Å². The summed E-state index contributed by atoms with van der Waals surface area (Å²) in [5.41, 5.74) is 2.66. The number of rotatable bonds is 7. The van der Waals surface area contributed by atoms with Crippen LogP contribution in [0.2, 0.25) is 0 Å². The van der Waals surface area contributed by atoms with Gasteiger partial charge >= 0.3 is 0 Å². The molecule has 7 heteroatoms. The monoisotopic (exact) mass is 447 g/mol. The molecule has 1 atom stereocenters. The number of hydrogen-bond donors (Lipinski definition) is 1. The molecule has 1 unspecified atom stereocenters. The highest BCUT2D eigenvalue weighted by Gasteiger charge is 2.16. The second-order valence-electron chi connectivity index (χ2n) is 6.54. The normalized spacial score (nSPS) is 12.7. The van der Waals surface area contributed by atoms with Crippen molar-refractivity contribution in [3.63, 3.8) is 0 Å². The number of anilines is 1. The molecule has 0 amide bonds. The SMILES string of the molecule is CCC(C)c1ccc(S(=O)(=O)Nc2cnn(Cc3ccc(Br)cc3)c2)cc1. The van der Waals surface area contributed by atoms with Gasteiger partial charge in [-0.2, -0.15) is 5.10 Å². The van der Waals surface area contributed by atoms with Gasteiger partial charge in [-0.1, -0.05) is 54.0 Å². The molecule has 1 heterocycles. The first-order valence-electron chi connectivity index (χ1n) is 8.77. The molecule has 0 spiro atoms. The Labute approximate surface area is 168 Å². The first-order valence-corrected chi connectivity index (χ1v) is 11.0. The lowest BCUT2D eigenvalue weighted by atomic mass is 9.99. The zero-order valence-corrected chi connectivity index (χ0v) is 17.7. The summed E-state index contributed by atoms with van der Waals surface area (Å²) in [6.07, 6.45) is 4.22. The summed E-state index contributed by atoms with van der Waals surface area (Å²) in [6.45, 7) is 4.81. The van der Waals surface area contributed by atoms with Crippen LogP contribution in [0.25, 0.3) is 0 Å². The minimum Gasteiger partial charge on any atom is -0.276 e. The molecule has 0 radical (unpaired) electrons. The number of hydrogen-bond acceptors (Lipinski definition) is 3. The van der Waals surface area contributed by atoms with Gasteiger partial charge in [0.25, 0.3) is 10.0 Å². The van der Waals surface area contributed by atoms with Gasteiger partial charge in [-0.25, -0.2) is 8.42 Å². The smallest absolute Gasteiger partial charge is 0.261 e. The molecule has 1 N–H and O–H groups in total. The second kappa shape index (κ2) is 8.27. The Morgan fingerprint density at radius 1 is 1.11 bits per heavy atom. The third kappa shape index (κ3) is 4.99. The van der Waals surface area contributed by atoms with Crippen molar-refractivity contribution < 1.29 is 8.42 Å². The van der Waals surface area contributed by atoms with Crippen LogP contribution in [0.4, 0.5) is 5.69 Å². The Hall–Kier alpha value is -2.12. The standard InChI is InChI=1S/C20H22BrN3O2S/c1-3-15(2)17-6-10-20(11-7-17)27(25,26)23-19-12-22-24(14-19)13-16-4-8-18(21)9-5-16/h4-12,14-15,23H,3,13H2,1-2H3. The molecule has 0 aliphatic heterocycles. The van der Waals surface area contributed by atoms with Crippen LogP contribution in [0.15, 0.2) is 70.3 Å². The fourth-order valence-electron chi connectivity index (χ4n) is 2.70. The van der Waals surface area contributed by atoms with Crippen molar-refractivity contribution in [3.8, 4) is 0 Å². The average molecular weight is 448 g/mol. The molecule has 0 saturated carbocycles. The van der Waals surface area contributed by atoms with Crippen LogP contribution in [0, 0.1) is 0 Å². The van der Waals surface area contributed by atoms with Crippen molar-refractivity contribution in [1.29, 1.82) is 0 Å². The average Bonchev–Trinajstić information content (AvgIpc) is 3.09. The Bertz CT molecular complexity index is 996. The van der Waals surface area contributed by atoms with Crippen molar-refractivity contribution in [2.75, 3.05) is 4.72 Å². The minimum atomic E-state index is -3.64. The van der Waals surface area contributed by atoms with Gasteiger partial charge in [0, 0.05) is 10.7 Å². The van der Waals surface area contributed by atoms with Gasteiger partial charge in [-0.05, 0) is 47.7 Å². The summed E-state index contributed by atoms with van der Waals surface area (Å²) in [5.74, 6) is 0.409. The molecule has 3 rings (SSSR count). The Morgan fingerprint density at radius 3 is 2.41 bits per heavy atom. The van der Waals surface area contributed by atoms with Gasteiger partial charge in [0.05, 0.1) is 23.3 Å². The van der Waals surface area contributed by atoms with Crippen molar-refractivity contribution in [2.24, 2.45) is 0 Å². The molecule has 0 aliphatic rings. The second-order valence-corrected chi connectivity index (χ2v) is 9.13. The van der Waals surface area contributed by atoms with E-state index in [1.807, 2.05) is 36.4 Å². The van der Waals surface area contributed by atoms with Crippen molar-refractivity contribution in [2.45, 2.75) is 37.6 Å². The Morgan fingerprint density at radius 2 is 1.78 bits per heavy atom. The molecule has 0 aliphatic carbocycles. The predicted octanol–water partition coefficient (Wildman–Crippen LogP) is 5.01. The third-order valence-electron chi connectivity index (χ3n) is 4.52. The van der Waals surface area contributed by atoms with Crippen molar-refractivity contribution in [1.82, 2.24) is 9.78 Å². The zero-order valence-electron chi connectivity index (χ0n) is 15.3. The highest BCUT2D eigenvalue weighted by atomic mass is 79.9. The molecular weight excluding hydrogens is 426 g/mol. The van der Waals surface area contributed by atoms with Gasteiger partial charge in [0.15, 0.2) is 0 Å². The first kappa shape index (κ1) is 19.6. The fourth-order valence-corrected chi connectivity index (χ4v) is 4.00. The number of nitrogens with zero attached hydrogens (tertiary/aromatic N) is 2. The van der Waals surface area contributed by atoms with Crippen LogP contribution in [0.1, 0.15) is 37.3 Å². The van der Waals surface area contributed by atoms with E-state index >= 15 is 0 Å². The van der Waals surface area contributed by atoms with Crippen LogP contribution in [0.5, 0.6) is 0 Å². The maximum atomic E-state index is 12.6. The van der Waals surface area contributed by atoms with Gasteiger partial charge in [0.2, 0.25) is 0 Å². The lowest BCUT2D eigenvalue weighted by molar-refractivity contribution is 0.601. The zero-order chi connectivity index (χ0) is 19.4. The van der Waals surface area contributed by atoms with E-state index in [1.165, 1.54) is 6.20 Å². The van der Waals surface area contributed by atoms with Crippen LogP contribution in [-0.2, 0) is 16.6 Å². The van der Waals surface area contributed by atoms with E-state index in [2.05, 4.69) is 39.6 Å². The van der Waals surface area contributed by atoms with Crippen LogP contribution in [0.3, 0.4) is 0 Å². The van der Waals surface area contributed by atoms with E-state index < -0.39 is 10.0 Å². The van der Waals surface area contributed by atoms with Gasteiger partial charge < -0.3 is 0 Å². The number of benzene rings is 2. The molecular formula is C20H22BrN3O2S. The van der Waals surface area contributed by atoms with Crippen molar-refractivity contribution >= 4 is 31.6 Å². The Balaban J connectivity index is 1.70. The summed E-state index contributed by atoms with van der Waals surface area (Å²) in [4.78, 5) is 0.246. The third-order valence-corrected chi connectivity index (χ3v) is 6.44. The summed E-state index contributed by atoms with van der Waals surface area (Å²) in [5, 5.41) is 4.24. The fraction of sp³-hybridized carbons (Fsp3) is 0.250. The molecule has 0 bridgehead atoms. The molecule has 0 fully saturated rings. The van der Waals surface area contributed by atoms with E-state index in [0.717, 1.165) is 22.0 Å². The minimum absolute atomic E-state index is 0.246. The van der Waals surface area contributed by atoms with E-state index in [4.69, 9.17) is 0 Å². The topological polar surface area (TPSA) is 64.0 Å². The molecule has 1 aromatic heterocycles. The summed E-state index contributed by atoms with van der Waals surface area (Å²) >= 11 is 3.41. The van der Waals surface area contributed by atoms with Gasteiger partial charge in [-0.3, -0.25) is 9.40 Å². The molecule has 142 valence electrons. The number of sulfonamides is 1. The van der Waals surface area contributed by atoms with Crippen molar-refractivity contribution in [3.05, 3.63) is 76.5 Å². The molecule has 27 heavy (non-hydrogen) atoms. The summed E-state index contributed by atoms with van der Waals surface area (Å²) < 4.78 is 30.5. The maximum absolute atomic E-state index is 12.6. The highest BCUT2D eigenvalue weighted by Crippen LogP contribution is 2.22. The van der Waals surface area contributed by atoms with Crippen LogP contribution < -0.4 is 4.72 Å². The number of aromatic nitrogens is 2. The summed E-state index contributed by atoms with van der Waals surface area (Å²) in [6, 6.07) is 15.0. The predicted molar refractivity (Wildman–Crippen MR) is 111 cm³/mol. The first-order chi connectivity index (χ1) is 12.9. The van der Waals surface area contributed by atoms with E-state index in [0.29, 0.717) is 18.2 Å². The van der Waals surface area contributed by atoms with Crippen LogP contribution >= 0.6 is 15.9 Å². The lowest BCUT2D eigenvalue weighted by Gasteiger charge is -2.10. The van der Waals surface area contributed by atoms with E-state index in [1.54, 1.807) is 23.0 Å². The highest BCUT2D eigenvalue weighted by molar-refractivity contribution is 9.10. The number of halogens is 1. The van der Waals surface area contributed by atoms with Crippen LogP contribution in [-0.4, -0.2) is 18.2 Å². The van der Waals surface area contributed by atoms with E-state index in [-0.39, 0.29) is 4.90 Å². The Kier molecular flexibility index (Phi) is 6.01. The molecule has 2 aromatic carbocycles. The maximum Gasteiger partial charge on any atom is 0.261 e. The quantitative estimate of drug-likeness (QED) is 0.553. The molecule has 3 aromatic rings. The summed E-state index contributed by atoms with van der Waals surface area (Å²) in [7, 11) is -3.64. The van der Waals surface area contributed by atoms with E-state index in [9.17, 15) is 8.42 Å².